The molecule has 124 valence electrons. The fraction of sp³-hybridized carbons (Fsp3) is 0.647. The highest BCUT2D eigenvalue weighted by Gasteiger charge is 2.36. The molecule has 2 heterocycles. The average molecular weight is 326 g/mol. The molecule has 0 radical (unpaired) electrons. The number of para-hydroxylation sites is 1. The first-order valence-corrected chi connectivity index (χ1v) is 7.99. The Kier molecular flexibility index (Phi) is 5.72. The smallest absolute Gasteiger partial charge is 0.124 e. The number of hydrazine groups is 1. The Morgan fingerprint density at radius 3 is 2.82 bits per heavy atom. The van der Waals surface area contributed by atoms with Crippen molar-refractivity contribution in [3.8, 4) is 5.75 Å². The van der Waals surface area contributed by atoms with Crippen molar-refractivity contribution in [3.63, 3.8) is 0 Å². The molecule has 1 saturated heterocycles. The molecule has 0 aliphatic carbocycles. The first-order chi connectivity index (χ1) is 10.1. The molecular formula is C17H28ClN3O. The van der Waals surface area contributed by atoms with E-state index in [1.165, 1.54) is 5.56 Å². The molecule has 1 aromatic rings. The van der Waals surface area contributed by atoms with E-state index in [0.29, 0.717) is 18.0 Å². The summed E-state index contributed by atoms with van der Waals surface area (Å²) in [6.07, 6.45) is 1.05. The largest absolute Gasteiger partial charge is 0.493 e. The molecule has 0 spiro atoms. The van der Waals surface area contributed by atoms with Crippen molar-refractivity contribution in [1.29, 1.82) is 0 Å². The van der Waals surface area contributed by atoms with Crippen molar-refractivity contribution in [2.75, 3.05) is 19.7 Å². The van der Waals surface area contributed by atoms with Crippen LogP contribution in [0.3, 0.4) is 0 Å². The third kappa shape index (κ3) is 3.74. The minimum absolute atomic E-state index is 0. The van der Waals surface area contributed by atoms with Crippen molar-refractivity contribution in [1.82, 2.24) is 16.2 Å². The summed E-state index contributed by atoms with van der Waals surface area (Å²) in [5, 5.41) is 3.76. The third-order valence-corrected chi connectivity index (χ3v) is 4.61. The summed E-state index contributed by atoms with van der Waals surface area (Å²) < 4.78 is 5.74. The molecule has 2 aliphatic heterocycles. The standard InChI is InChI=1S/C17H27N3O.ClH/c1-17(2,3)16-12(11-19-20-16)10-18-14-8-9-21-15-7-5-4-6-13(14)15;/h4-7,12,14,16,18-20H,8-11H2,1-3H3;1H. The lowest BCUT2D eigenvalue weighted by Gasteiger charge is -2.33. The Bertz CT molecular complexity index is 489. The van der Waals surface area contributed by atoms with Gasteiger partial charge in [0.2, 0.25) is 0 Å². The summed E-state index contributed by atoms with van der Waals surface area (Å²) in [6.45, 7) is 9.76. The summed E-state index contributed by atoms with van der Waals surface area (Å²) in [7, 11) is 0. The maximum atomic E-state index is 5.74. The van der Waals surface area contributed by atoms with E-state index in [4.69, 9.17) is 4.74 Å². The molecule has 2 aliphatic rings. The first-order valence-electron chi connectivity index (χ1n) is 7.99. The van der Waals surface area contributed by atoms with Gasteiger partial charge in [-0.25, -0.2) is 0 Å². The van der Waals surface area contributed by atoms with Gasteiger partial charge < -0.3 is 10.1 Å². The van der Waals surface area contributed by atoms with Crippen LogP contribution in [0.25, 0.3) is 0 Å². The number of ether oxygens (including phenoxy) is 1. The number of fused-ring (bicyclic) bond motifs is 1. The maximum absolute atomic E-state index is 5.74. The molecule has 3 unspecified atom stereocenters. The van der Waals surface area contributed by atoms with E-state index >= 15 is 0 Å². The van der Waals surface area contributed by atoms with Crippen molar-refractivity contribution in [2.24, 2.45) is 11.3 Å². The minimum Gasteiger partial charge on any atom is -0.493 e. The van der Waals surface area contributed by atoms with Crippen LogP contribution in [0.5, 0.6) is 5.75 Å². The minimum atomic E-state index is 0. The molecule has 22 heavy (non-hydrogen) atoms. The Morgan fingerprint density at radius 2 is 2.05 bits per heavy atom. The van der Waals surface area contributed by atoms with Crippen LogP contribution in [0.1, 0.15) is 38.8 Å². The monoisotopic (exact) mass is 325 g/mol. The van der Waals surface area contributed by atoms with Gasteiger partial charge in [0.25, 0.3) is 0 Å². The molecule has 0 saturated carbocycles. The van der Waals surface area contributed by atoms with E-state index in [1.54, 1.807) is 0 Å². The van der Waals surface area contributed by atoms with E-state index in [1.807, 2.05) is 6.07 Å². The summed E-state index contributed by atoms with van der Waals surface area (Å²) >= 11 is 0. The number of rotatable bonds is 3. The predicted octanol–water partition coefficient (Wildman–Crippen LogP) is 2.66. The second kappa shape index (κ2) is 7.18. The highest BCUT2D eigenvalue weighted by atomic mass is 35.5. The molecule has 5 heteroatoms. The van der Waals surface area contributed by atoms with E-state index in [0.717, 1.165) is 31.9 Å². The quantitative estimate of drug-likeness (QED) is 0.799. The topological polar surface area (TPSA) is 45.3 Å². The molecule has 3 rings (SSSR count). The van der Waals surface area contributed by atoms with Crippen molar-refractivity contribution < 1.29 is 4.74 Å². The van der Waals surface area contributed by atoms with Crippen LogP contribution in [0, 0.1) is 11.3 Å². The van der Waals surface area contributed by atoms with Gasteiger partial charge in [0.15, 0.2) is 0 Å². The molecular weight excluding hydrogens is 298 g/mol. The summed E-state index contributed by atoms with van der Waals surface area (Å²) in [6, 6.07) is 9.30. The van der Waals surface area contributed by atoms with Gasteiger partial charge in [-0.1, -0.05) is 39.0 Å². The second-order valence-electron chi connectivity index (χ2n) is 7.26. The van der Waals surface area contributed by atoms with Crippen LogP contribution in [0.4, 0.5) is 0 Å². The van der Waals surface area contributed by atoms with E-state index in [2.05, 4.69) is 55.1 Å². The predicted molar refractivity (Wildman–Crippen MR) is 92.4 cm³/mol. The van der Waals surface area contributed by atoms with Crippen molar-refractivity contribution in [3.05, 3.63) is 29.8 Å². The van der Waals surface area contributed by atoms with Crippen LogP contribution in [-0.4, -0.2) is 25.7 Å². The fourth-order valence-electron chi connectivity index (χ4n) is 3.50. The average Bonchev–Trinajstić information content (AvgIpc) is 2.93. The first kappa shape index (κ1) is 17.5. The molecule has 1 fully saturated rings. The zero-order valence-electron chi connectivity index (χ0n) is 13.7. The zero-order chi connectivity index (χ0) is 14.9. The van der Waals surface area contributed by atoms with Gasteiger partial charge in [0.05, 0.1) is 6.61 Å². The molecule has 4 nitrogen and oxygen atoms in total. The SMILES string of the molecule is CC(C)(C)C1NNCC1CNC1CCOc2ccccc21.Cl. The van der Waals surface area contributed by atoms with Gasteiger partial charge in [-0.2, -0.15) is 0 Å². The summed E-state index contributed by atoms with van der Waals surface area (Å²) in [4.78, 5) is 0. The molecule has 0 bridgehead atoms. The van der Waals surface area contributed by atoms with Crippen molar-refractivity contribution >= 4 is 12.4 Å². The van der Waals surface area contributed by atoms with E-state index < -0.39 is 0 Å². The lowest BCUT2D eigenvalue weighted by atomic mass is 9.80. The Hall–Kier alpha value is -0.810. The van der Waals surface area contributed by atoms with Gasteiger partial charge in [0.1, 0.15) is 5.75 Å². The molecule has 0 amide bonds. The normalized spacial score (nSPS) is 27.7. The van der Waals surface area contributed by atoms with Crippen LogP contribution in [0.2, 0.25) is 0 Å². The number of benzene rings is 1. The van der Waals surface area contributed by atoms with Crippen LogP contribution >= 0.6 is 12.4 Å². The molecule has 1 aromatic carbocycles. The molecule has 3 atom stereocenters. The Labute approximate surface area is 139 Å². The third-order valence-electron chi connectivity index (χ3n) is 4.61. The number of halogens is 1. The summed E-state index contributed by atoms with van der Waals surface area (Å²) in [5.74, 6) is 1.65. The molecule has 3 N–H and O–H groups in total. The van der Waals surface area contributed by atoms with Crippen LogP contribution in [0.15, 0.2) is 24.3 Å². The highest BCUT2D eigenvalue weighted by molar-refractivity contribution is 5.85. The van der Waals surface area contributed by atoms with E-state index in [9.17, 15) is 0 Å². The molecule has 0 aromatic heterocycles. The zero-order valence-corrected chi connectivity index (χ0v) is 14.5. The highest BCUT2D eigenvalue weighted by Crippen LogP contribution is 2.32. The van der Waals surface area contributed by atoms with Crippen LogP contribution < -0.4 is 20.9 Å². The van der Waals surface area contributed by atoms with Crippen molar-refractivity contribution in [2.45, 2.75) is 39.3 Å². The van der Waals surface area contributed by atoms with Gasteiger partial charge >= 0.3 is 0 Å². The Balaban J connectivity index is 0.00000176. The lowest BCUT2D eigenvalue weighted by Crippen LogP contribution is -2.45. The number of hydrogen-bond acceptors (Lipinski definition) is 4. The fourth-order valence-corrected chi connectivity index (χ4v) is 3.50. The van der Waals surface area contributed by atoms with Gasteiger partial charge in [-0.15, -0.1) is 12.4 Å². The lowest BCUT2D eigenvalue weighted by molar-refractivity contribution is 0.217. The second-order valence-corrected chi connectivity index (χ2v) is 7.26. The van der Waals surface area contributed by atoms with E-state index in [-0.39, 0.29) is 17.8 Å². The summed E-state index contributed by atoms with van der Waals surface area (Å²) in [5.41, 5.74) is 8.33. The number of hydrogen-bond donors (Lipinski definition) is 3. The van der Waals surface area contributed by atoms with Gasteiger partial charge in [-0.3, -0.25) is 10.9 Å². The Morgan fingerprint density at radius 1 is 1.27 bits per heavy atom. The van der Waals surface area contributed by atoms with Crippen LogP contribution in [-0.2, 0) is 0 Å². The van der Waals surface area contributed by atoms with Gasteiger partial charge in [-0.05, 0) is 11.5 Å². The maximum Gasteiger partial charge on any atom is 0.124 e. The number of nitrogens with one attached hydrogen (secondary N) is 3. The van der Waals surface area contributed by atoms with Gasteiger partial charge in [0, 0.05) is 43.1 Å².